The SMILES string of the molecule is CCC(F)(F)c1ccc(CN2CCc3[nH]c4ccc(C(=O)NC5CCN(CCc6ccccc6)CC5)cc4c3C2)cc1. The van der Waals surface area contributed by atoms with Crippen molar-refractivity contribution in [2.75, 3.05) is 26.2 Å². The Labute approximate surface area is 246 Å². The molecule has 1 amide bonds. The summed E-state index contributed by atoms with van der Waals surface area (Å²) in [5.74, 6) is -2.79. The number of alkyl halides is 2. The van der Waals surface area contributed by atoms with Crippen molar-refractivity contribution in [3.8, 4) is 0 Å². The zero-order chi connectivity index (χ0) is 29.1. The number of likely N-dealkylation sites (tertiary alicyclic amines) is 1. The van der Waals surface area contributed by atoms with Crippen LogP contribution >= 0.6 is 0 Å². The minimum atomic E-state index is -2.79. The van der Waals surface area contributed by atoms with Crippen LogP contribution in [0, 0.1) is 0 Å². The summed E-state index contributed by atoms with van der Waals surface area (Å²) in [4.78, 5) is 21.7. The van der Waals surface area contributed by atoms with Gasteiger partial charge in [0.1, 0.15) is 0 Å². The molecule has 42 heavy (non-hydrogen) atoms. The highest BCUT2D eigenvalue weighted by atomic mass is 19.3. The molecule has 2 N–H and O–H groups in total. The highest BCUT2D eigenvalue weighted by molar-refractivity contribution is 5.99. The van der Waals surface area contributed by atoms with Crippen molar-refractivity contribution in [1.82, 2.24) is 20.1 Å². The van der Waals surface area contributed by atoms with E-state index in [-0.39, 0.29) is 23.9 Å². The number of fused-ring (bicyclic) bond motifs is 3. The Bertz CT molecular complexity index is 1510. The predicted octanol–water partition coefficient (Wildman–Crippen LogP) is 6.66. The Balaban J connectivity index is 1.06. The molecule has 0 saturated carbocycles. The van der Waals surface area contributed by atoms with E-state index in [0.717, 1.165) is 74.9 Å². The van der Waals surface area contributed by atoms with Crippen LogP contribution in [0.25, 0.3) is 10.9 Å². The van der Waals surface area contributed by atoms with E-state index in [1.54, 1.807) is 12.1 Å². The largest absolute Gasteiger partial charge is 0.358 e. The van der Waals surface area contributed by atoms with Crippen molar-refractivity contribution in [3.05, 3.63) is 106 Å². The number of aromatic nitrogens is 1. The molecule has 4 aromatic rings. The molecule has 2 aliphatic rings. The van der Waals surface area contributed by atoms with Gasteiger partial charge in [0.2, 0.25) is 0 Å². The number of halogens is 2. The van der Waals surface area contributed by atoms with Crippen molar-refractivity contribution in [3.63, 3.8) is 0 Å². The molecule has 0 radical (unpaired) electrons. The second-order valence-electron chi connectivity index (χ2n) is 11.9. The summed E-state index contributed by atoms with van der Waals surface area (Å²) in [5, 5.41) is 4.38. The fraction of sp³-hybridized carbons (Fsp3) is 0.400. The quantitative estimate of drug-likeness (QED) is 0.237. The summed E-state index contributed by atoms with van der Waals surface area (Å²) < 4.78 is 28.1. The number of aromatic amines is 1. The number of piperidine rings is 1. The zero-order valence-corrected chi connectivity index (χ0v) is 24.3. The molecule has 0 aliphatic carbocycles. The number of benzene rings is 3. The van der Waals surface area contributed by atoms with Gasteiger partial charge >= 0.3 is 0 Å². The Morgan fingerprint density at radius 3 is 2.45 bits per heavy atom. The van der Waals surface area contributed by atoms with Gasteiger partial charge in [-0.3, -0.25) is 9.69 Å². The van der Waals surface area contributed by atoms with Gasteiger partial charge < -0.3 is 15.2 Å². The van der Waals surface area contributed by atoms with Gasteiger partial charge in [0, 0.05) is 85.9 Å². The van der Waals surface area contributed by atoms with Crippen LogP contribution in [-0.4, -0.2) is 52.9 Å². The molecular formula is C35H40F2N4O. The van der Waals surface area contributed by atoms with Crippen molar-refractivity contribution >= 4 is 16.8 Å². The molecule has 5 nitrogen and oxygen atoms in total. The fourth-order valence-corrected chi connectivity index (χ4v) is 6.36. The monoisotopic (exact) mass is 570 g/mol. The molecule has 0 spiro atoms. The first-order chi connectivity index (χ1) is 20.4. The molecule has 1 saturated heterocycles. The summed E-state index contributed by atoms with van der Waals surface area (Å²) >= 11 is 0. The Kier molecular flexibility index (Phi) is 8.41. The highest BCUT2D eigenvalue weighted by Gasteiger charge is 2.29. The maximum atomic E-state index is 14.0. The summed E-state index contributed by atoms with van der Waals surface area (Å²) in [5.41, 5.74) is 6.67. The minimum absolute atomic E-state index is 0.00813. The topological polar surface area (TPSA) is 51.4 Å². The van der Waals surface area contributed by atoms with E-state index >= 15 is 0 Å². The zero-order valence-electron chi connectivity index (χ0n) is 24.3. The first-order valence-electron chi connectivity index (χ1n) is 15.3. The van der Waals surface area contributed by atoms with Gasteiger partial charge in [-0.2, -0.15) is 0 Å². The number of rotatable bonds is 9. The summed E-state index contributed by atoms with van der Waals surface area (Å²) in [6.07, 6.45) is 3.68. The standard InChI is InChI=1S/C35H40F2N4O/c1-2-35(36,37)28-11-8-26(9-12-28)23-41-21-17-33-31(24-41)30-22-27(10-13-32(30)39-33)34(42)38-29-15-19-40(20-16-29)18-14-25-6-4-3-5-7-25/h3-13,22,29,39H,2,14-21,23-24H2,1H3,(H,38,42). The molecule has 2 aliphatic heterocycles. The smallest absolute Gasteiger partial charge is 0.273 e. The second kappa shape index (κ2) is 12.4. The third kappa shape index (κ3) is 6.42. The molecular weight excluding hydrogens is 530 g/mol. The third-order valence-corrected chi connectivity index (χ3v) is 9.03. The van der Waals surface area contributed by atoms with Gasteiger partial charge in [-0.1, -0.05) is 61.5 Å². The number of carbonyl (C=O) groups excluding carboxylic acids is 1. The van der Waals surface area contributed by atoms with Gasteiger partial charge in [-0.25, -0.2) is 8.78 Å². The van der Waals surface area contributed by atoms with E-state index in [2.05, 4.69) is 50.4 Å². The highest BCUT2D eigenvalue weighted by Crippen LogP contribution is 2.32. The lowest BCUT2D eigenvalue weighted by Crippen LogP contribution is -2.45. The first-order valence-corrected chi connectivity index (χ1v) is 15.3. The van der Waals surface area contributed by atoms with Crippen LogP contribution in [0.1, 0.15) is 64.5 Å². The Morgan fingerprint density at radius 2 is 1.71 bits per heavy atom. The van der Waals surface area contributed by atoms with Crippen molar-refractivity contribution in [2.45, 2.75) is 64.1 Å². The number of hydrogen-bond acceptors (Lipinski definition) is 3. The molecule has 6 rings (SSSR count). The fourth-order valence-electron chi connectivity index (χ4n) is 6.36. The van der Waals surface area contributed by atoms with E-state index < -0.39 is 5.92 Å². The average molecular weight is 571 g/mol. The summed E-state index contributed by atoms with van der Waals surface area (Å²) in [7, 11) is 0. The van der Waals surface area contributed by atoms with E-state index in [4.69, 9.17) is 0 Å². The lowest BCUT2D eigenvalue weighted by molar-refractivity contribution is -0.00831. The summed E-state index contributed by atoms with van der Waals surface area (Å²) in [6, 6.07) is 23.5. The number of nitrogens with zero attached hydrogens (tertiary/aromatic N) is 2. The Hall–Kier alpha value is -3.55. The van der Waals surface area contributed by atoms with Crippen LogP contribution in [0.5, 0.6) is 0 Å². The molecule has 220 valence electrons. The molecule has 0 unspecified atom stereocenters. The normalized spacial score (nSPS) is 16.9. The number of carbonyl (C=O) groups is 1. The van der Waals surface area contributed by atoms with Crippen LogP contribution in [0.15, 0.2) is 72.8 Å². The molecule has 7 heteroatoms. The molecule has 3 aromatic carbocycles. The van der Waals surface area contributed by atoms with Crippen LogP contribution in [0.3, 0.4) is 0 Å². The Morgan fingerprint density at radius 1 is 0.952 bits per heavy atom. The maximum Gasteiger partial charge on any atom is 0.273 e. The van der Waals surface area contributed by atoms with Crippen LogP contribution in [-0.2, 0) is 31.9 Å². The predicted molar refractivity (Wildman–Crippen MR) is 164 cm³/mol. The minimum Gasteiger partial charge on any atom is -0.358 e. The average Bonchev–Trinajstić information content (AvgIpc) is 3.39. The van der Waals surface area contributed by atoms with E-state index in [9.17, 15) is 13.6 Å². The van der Waals surface area contributed by atoms with E-state index in [0.29, 0.717) is 12.1 Å². The number of amides is 1. The van der Waals surface area contributed by atoms with Crippen LogP contribution in [0.2, 0.25) is 0 Å². The van der Waals surface area contributed by atoms with Crippen molar-refractivity contribution in [1.29, 1.82) is 0 Å². The van der Waals surface area contributed by atoms with Gasteiger partial charge in [0.25, 0.3) is 11.8 Å². The third-order valence-electron chi connectivity index (χ3n) is 9.03. The van der Waals surface area contributed by atoms with E-state index in [1.807, 2.05) is 30.3 Å². The van der Waals surface area contributed by atoms with Crippen LogP contribution < -0.4 is 5.32 Å². The van der Waals surface area contributed by atoms with Crippen LogP contribution in [0.4, 0.5) is 8.78 Å². The van der Waals surface area contributed by atoms with Gasteiger partial charge in [-0.15, -0.1) is 0 Å². The summed E-state index contributed by atoms with van der Waals surface area (Å²) in [6.45, 7) is 6.92. The van der Waals surface area contributed by atoms with Gasteiger partial charge in [0.15, 0.2) is 0 Å². The molecule has 3 heterocycles. The first kappa shape index (κ1) is 28.6. The molecule has 0 atom stereocenters. The molecule has 1 fully saturated rings. The van der Waals surface area contributed by atoms with Crippen molar-refractivity contribution in [2.24, 2.45) is 0 Å². The number of H-pyrrole nitrogens is 1. The molecule has 1 aromatic heterocycles. The van der Waals surface area contributed by atoms with Crippen molar-refractivity contribution < 1.29 is 13.6 Å². The molecule has 0 bridgehead atoms. The van der Waals surface area contributed by atoms with Gasteiger partial charge in [-0.05, 0) is 54.2 Å². The van der Waals surface area contributed by atoms with E-state index in [1.165, 1.54) is 23.7 Å². The number of nitrogens with one attached hydrogen (secondary N) is 2. The lowest BCUT2D eigenvalue weighted by atomic mass is 10.0. The lowest BCUT2D eigenvalue weighted by Gasteiger charge is -2.32. The maximum absolute atomic E-state index is 14.0. The second-order valence-corrected chi connectivity index (χ2v) is 11.9. The number of hydrogen-bond donors (Lipinski definition) is 2. The van der Waals surface area contributed by atoms with Gasteiger partial charge in [0.05, 0.1) is 0 Å².